The molecule has 0 radical (unpaired) electrons. The van der Waals surface area contributed by atoms with E-state index in [1.807, 2.05) is 43.3 Å². The molecule has 0 unspecified atom stereocenters. The Morgan fingerprint density at radius 1 is 0.839 bits per heavy atom. The lowest BCUT2D eigenvalue weighted by Crippen LogP contribution is -2.41. The topological polar surface area (TPSA) is 64.6 Å². The van der Waals surface area contributed by atoms with E-state index in [1.54, 1.807) is 43.3 Å². The van der Waals surface area contributed by atoms with Crippen molar-refractivity contribution in [2.24, 2.45) is 0 Å². The van der Waals surface area contributed by atoms with Crippen LogP contribution in [0.25, 0.3) is 0 Å². The second-order valence-electron chi connectivity index (χ2n) is 7.39. The van der Waals surface area contributed by atoms with Crippen molar-refractivity contribution in [3.8, 4) is 11.5 Å². The molecule has 0 aliphatic carbocycles. The van der Waals surface area contributed by atoms with Crippen LogP contribution in [0.4, 0.5) is 0 Å². The van der Waals surface area contributed by atoms with E-state index in [-0.39, 0.29) is 17.5 Å². The average molecular weight is 418 g/mol. The number of hydrogen-bond donors (Lipinski definition) is 1. The smallest absolute Gasteiger partial charge is 0.342 e. The van der Waals surface area contributed by atoms with Crippen LogP contribution in [0.5, 0.6) is 11.5 Å². The molecular weight excluding hydrogens is 390 g/mol. The van der Waals surface area contributed by atoms with Crippen LogP contribution in [0.15, 0.2) is 84.9 Å². The molecule has 0 saturated heterocycles. The zero-order valence-electron chi connectivity index (χ0n) is 17.8. The molecule has 3 rings (SSSR count). The van der Waals surface area contributed by atoms with E-state index in [2.05, 4.69) is 17.4 Å². The zero-order valence-corrected chi connectivity index (χ0v) is 17.8. The standard InChI is InChI=1S/C26H27NO4/c1-19(17-18-21-11-5-3-6-12-21)27-25(28)20(2)30-26(29)23-15-9-10-16-24(23)31-22-13-7-4-8-14-22/h3-16,19-20H,17-18H2,1-2H3,(H,27,28)/t19-,20-/m0/s1. The second-order valence-corrected chi connectivity index (χ2v) is 7.39. The molecule has 0 saturated carbocycles. The number of hydrogen-bond acceptors (Lipinski definition) is 4. The van der Waals surface area contributed by atoms with Gasteiger partial charge in [-0.2, -0.15) is 0 Å². The van der Waals surface area contributed by atoms with E-state index in [0.29, 0.717) is 11.5 Å². The number of esters is 1. The van der Waals surface area contributed by atoms with Gasteiger partial charge in [-0.25, -0.2) is 4.79 Å². The van der Waals surface area contributed by atoms with E-state index in [0.717, 1.165) is 12.8 Å². The fourth-order valence-electron chi connectivity index (χ4n) is 3.08. The maximum absolute atomic E-state index is 12.7. The molecule has 160 valence electrons. The maximum Gasteiger partial charge on any atom is 0.342 e. The molecule has 0 aromatic heterocycles. The summed E-state index contributed by atoms with van der Waals surface area (Å²) in [5.74, 6) is 0.0600. The summed E-state index contributed by atoms with van der Waals surface area (Å²) >= 11 is 0. The van der Waals surface area contributed by atoms with Gasteiger partial charge >= 0.3 is 5.97 Å². The van der Waals surface area contributed by atoms with Gasteiger partial charge in [0.05, 0.1) is 0 Å². The number of para-hydroxylation sites is 2. The minimum atomic E-state index is -0.920. The van der Waals surface area contributed by atoms with Gasteiger partial charge in [-0.05, 0) is 56.5 Å². The lowest BCUT2D eigenvalue weighted by atomic mass is 10.1. The predicted octanol–water partition coefficient (Wildman–Crippen LogP) is 5.16. The van der Waals surface area contributed by atoms with Gasteiger partial charge in [0.15, 0.2) is 6.10 Å². The molecular formula is C26H27NO4. The lowest BCUT2D eigenvalue weighted by Gasteiger charge is -2.18. The Hall–Kier alpha value is -3.60. The first kappa shape index (κ1) is 22.1. The van der Waals surface area contributed by atoms with Crippen molar-refractivity contribution in [2.75, 3.05) is 0 Å². The molecule has 1 amide bonds. The summed E-state index contributed by atoms with van der Waals surface area (Å²) in [6, 6.07) is 26.1. The Labute approximate surface area is 183 Å². The molecule has 3 aromatic rings. The minimum Gasteiger partial charge on any atom is -0.456 e. The number of aryl methyl sites for hydroxylation is 1. The number of ether oxygens (including phenoxy) is 2. The molecule has 5 heteroatoms. The number of carbonyl (C=O) groups is 2. The van der Waals surface area contributed by atoms with Crippen LogP contribution in [0.3, 0.4) is 0 Å². The van der Waals surface area contributed by atoms with Crippen LogP contribution < -0.4 is 10.1 Å². The molecule has 0 fully saturated rings. The number of benzene rings is 3. The molecule has 0 heterocycles. The SMILES string of the molecule is C[C@H](OC(=O)c1ccccc1Oc1ccccc1)C(=O)N[C@@H](C)CCc1ccccc1. The first-order valence-electron chi connectivity index (χ1n) is 10.4. The quantitative estimate of drug-likeness (QED) is 0.488. The number of carbonyl (C=O) groups excluding carboxylic acids is 2. The first-order chi connectivity index (χ1) is 15.0. The van der Waals surface area contributed by atoms with Crippen molar-refractivity contribution < 1.29 is 19.1 Å². The first-order valence-corrected chi connectivity index (χ1v) is 10.4. The van der Waals surface area contributed by atoms with E-state index in [4.69, 9.17) is 9.47 Å². The van der Waals surface area contributed by atoms with Gasteiger partial charge in [0.1, 0.15) is 17.1 Å². The Balaban J connectivity index is 1.54. The Kier molecular flexibility index (Phi) is 7.82. The van der Waals surface area contributed by atoms with Gasteiger partial charge in [0, 0.05) is 6.04 Å². The zero-order chi connectivity index (χ0) is 22.1. The monoisotopic (exact) mass is 417 g/mol. The van der Waals surface area contributed by atoms with Crippen molar-refractivity contribution in [1.82, 2.24) is 5.32 Å². The minimum absolute atomic E-state index is 0.0393. The van der Waals surface area contributed by atoms with Gasteiger partial charge < -0.3 is 14.8 Å². The van der Waals surface area contributed by atoms with Gasteiger partial charge in [-0.1, -0.05) is 60.7 Å². The fraction of sp³-hybridized carbons (Fsp3) is 0.231. The normalized spacial score (nSPS) is 12.5. The number of amides is 1. The van der Waals surface area contributed by atoms with Crippen LogP contribution in [0.1, 0.15) is 36.2 Å². The fourth-order valence-corrected chi connectivity index (χ4v) is 3.08. The van der Waals surface area contributed by atoms with E-state index >= 15 is 0 Å². The van der Waals surface area contributed by atoms with Crippen molar-refractivity contribution in [3.05, 3.63) is 96.1 Å². The Bertz CT molecular complexity index is 989. The van der Waals surface area contributed by atoms with E-state index in [9.17, 15) is 9.59 Å². The molecule has 1 N–H and O–H groups in total. The highest BCUT2D eigenvalue weighted by Gasteiger charge is 2.22. The highest BCUT2D eigenvalue weighted by Crippen LogP contribution is 2.25. The molecule has 3 aromatic carbocycles. The van der Waals surface area contributed by atoms with Gasteiger partial charge in [-0.15, -0.1) is 0 Å². The lowest BCUT2D eigenvalue weighted by molar-refractivity contribution is -0.129. The third-order valence-corrected chi connectivity index (χ3v) is 4.83. The van der Waals surface area contributed by atoms with Crippen LogP contribution in [-0.2, 0) is 16.0 Å². The van der Waals surface area contributed by atoms with Crippen LogP contribution in [-0.4, -0.2) is 24.0 Å². The van der Waals surface area contributed by atoms with Crippen LogP contribution in [0, 0.1) is 0 Å². The molecule has 0 bridgehead atoms. The maximum atomic E-state index is 12.7. The van der Waals surface area contributed by atoms with Crippen molar-refractivity contribution in [3.63, 3.8) is 0 Å². The van der Waals surface area contributed by atoms with E-state index < -0.39 is 12.1 Å². The van der Waals surface area contributed by atoms with Gasteiger partial charge in [0.2, 0.25) is 0 Å². The van der Waals surface area contributed by atoms with Crippen molar-refractivity contribution in [1.29, 1.82) is 0 Å². The summed E-state index contributed by atoms with van der Waals surface area (Å²) in [6.45, 7) is 3.51. The molecule has 0 aliphatic heterocycles. The summed E-state index contributed by atoms with van der Waals surface area (Å²) < 4.78 is 11.2. The average Bonchev–Trinajstić information content (AvgIpc) is 2.79. The summed E-state index contributed by atoms with van der Waals surface area (Å²) in [5.41, 5.74) is 1.49. The third-order valence-electron chi connectivity index (χ3n) is 4.83. The number of rotatable bonds is 9. The third kappa shape index (κ3) is 6.71. The summed E-state index contributed by atoms with van der Waals surface area (Å²) in [6.07, 6.45) is 0.738. The Morgan fingerprint density at radius 3 is 2.16 bits per heavy atom. The molecule has 31 heavy (non-hydrogen) atoms. The highest BCUT2D eigenvalue weighted by atomic mass is 16.5. The molecule has 0 spiro atoms. The summed E-state index contributed by atoms with van der Waals surface area (Å²) in [5, 5.41) is 2.91. The number of nitrogens with one attached hydrogen (secondary N) is 1. The van der Waals surface area contributed by atoms with Crippen LogP contribution >= 0.6 is 0 Å². The van der Waals surface area contributed by atoms with Gasteiger partial charge in [-0.3, -0.25) is 4.79 Å². The highest BCUT2D eigenvalue weighted by molar-refractivity contribution is 5.94. The predicted molar refractivity (Wildman–Crippen MR) is 120 cm³/mol. The van der Waals surface area contributed by atoms with Crippen molar-refractivity contribution >= 4 is 11.9 Å². The van der Waals surface area contributed by atoms with Crippen molar-refractivity contribution in [2.45, 2.75) is 38.8 Å². The Morgan fingerprint density at radius 2 is 1.45 bits per heavy atom. The molecule has 0 aliphatic rings. The largest absolute Gasteiger partial charge is 0.456 e. The van der Waals surface area contributed by atoms with Crippen LogP contribution in [0.2, 0.25) is 0 Å². The van der Waals surface area contributed by atoms with Gasteiger partial charge in [0.25, 0.3) is 5.91 Å². The second kappa shape index (κ2) is 11.0. The summed E-state index contributed by atoms with van der Waals surface area (Å²) in [4.78, 5) is 25.2. The summed E-state index contributed by atoms with van der Waals surface area (Å²) in [7, 11) is 0. The molecule has 5 nitrogen and oxygen atoms in total. The molecule has 2 atom stereocenters. The van der Waals surface area contributed by atoms with E-state index in [1.165, 1.54) is 5.56 Å².